The van der Waals surface area contributed by atoms with Gasteiger partial charge in [0.2, 0.25) is 24.3 Å². The molecule has 0 aliphatic carbocycles. The molecule has 14 heteroatoms. The molecule has 2 unspecified atom stereocenters. The molecule has 32 heavy (non-hydrogen) atoms. The highest BCUT2D eigenvalue weighted by atomic mass is 16.6. The molecular formula is C18H21N5O9. The van der Waals surface area contributed by atoms with Crippen LogP contribution in [-0.4, -0.2) is 62.4 Å². The van der Waals surface area contributed by atoms with E-state index < -0.39 is 41.8 Å². The van der Waals surface area contributed by atoms with Gasteiger partial charge in [-0.2, -0.15) is 4.98 Å². The number of nitrogens with zero attached hydrogens (tertiary/aromatic N) is 5. The molecule has 2 aromatic heterocycles. The fraction of sp³-hybridized carbons (Fsp3) is 0.500. The summed E-state index contributed by atoms with van der Waals surface area (Å²) in [6, 6.07) is 0. The lowest BCUT2D eigenvalue weighted by Crippen LogP contribution is -2.42. The molecule has 1 aliphatic rings. The Balaban J connectivity index is 2.02. The molecule has 0 radical (unpaired) electrons. The lowest BCUT2D eigenvalue weighted by molar-refractivity contribution is -0.171. The summed E-state index contributed by atoms with van der Waals surface area (Å²) in [4.78, 5) is 68.9. The second kappa shape index (κ2) is 9.13. The Morgan fingerprint density at radius 1 is 0.969 bits per heavy atom. The minimum Gasteiger partial charge on any atom is -0.463 e. The minimum absolute atomic E-state index is 0.0414. The molecule has 0 bridgehead atoms. The molecule has 172 valence electrons. The van der Waals surface area contributed by atoms with Crippen LogP contribution >= 0.6 is 0 Å². The first-order valence-corrected chi connectivity index (χ1v) is 9.44. The van der Waals surface area contributed by atoms with Gasteiger partial charge < -0.3 is 18.9 Å². The van der Waals surface area contributed by atoms with Gasteiger partial charge in [0.05, 0.1) is 12.9 Å². The number of anilines is 1. The molecule has 1 aliphatic heterocycles. The zero-order valence-corrected chi connectivity index (χ0v) is 17.8. The molecule has 0 saturated carbocycles. The van der Waals surface area contributed by atoms with E-state index in [0.29, 0.717) is 0 Å². The number of carbonyl (C=O) groups excluding carboxylic acids is 4. The number of hydrogen-bond acceptors (Lipinski definition) is 11. The molecule has 0 N–H and O–H groups in total. The van der Waals surface area contributed by atoms with E-state index in [1.165, 1.54) is 24.7 Å². The highest BCUT2D eigenvalue weighted by molar-refractivity contribution is 5.92. The maximum Gasteiger partial charge on any atom is 0.304 e. The van der Waals surface area contributed by atoms with Crippen LogP contribution in [0, 0.1) is 0 Å². The quantitative estimate of drug-likeness (QED) is 0.302. The van der Waals surface area contributed by atoms with Crippen molar-refractivity contribution in [1.82, 2.24) is 19.1 Å². The standard InChI is InChI=1S/C18H21N5O9/c1-9(24)22-16(31-11(3)26)17(32-12(4)27)23-15(28)13-14(20-18(22)23)21(7-19-13)8-29-5-6-30-10(2)25/h7,16-17H,5-6,8H2,1-4H3. The van der Waals surface area contributed by atoms with E-state index in [1.54, 1.807) is 0 Å². The van der Waals surface area contributed by atoms with E-state index in [9.17, 15) is 24.0 Å². The zero-order valence-electron chi connectivity index (χ0n) is 17.8. The molecular weight excluding hydrogens is 430 g/mol. The molecule has 0 saturated heterocycles. The summed E-state index contributed by atoms with van der Waals surface area (Å²) in [6.07, 6.45) is -1.55. The van der Waals surface area contributed by atoms with E-state index in [1.807, 2.05) is 0 Å². The van der Waals surface area contributed by atoms with Gasteiger partial charge in [0.25, 0.3) is 5.56 Å². The van der Waals surface area contributed by atoms with Crippen molar-refractivity contribution >= 4 is 40.9 Å². The Kier molecular flexibility index (Phi) is 6.53. The van der Waals surface area contributed by atoms with Gasteiger partial charge in [-0.3, -0.25) is 28.5 Å². The Hall–Kier alpha value is -3.81. The van der Waals surface area contributed by atoms with Gasteiger partial charge in [-0.25, -0.2) is 14.5 Å². The number of amides is 1. The Labute approximate surface area is 180 Å². The Bertz CT molecular complexity index is 1140. The van der Waals surface area contributed by atoms with Crippen molar-refractivity contribution in [3.8, 4) is 0 Å². The third-order valence-corrected chi connectivity index (χ3v) is 4.30. The maximum atomic E-state index is 13.2. The first-order valence-electron chi connectivity index (χ1n) is 9.44. The summed E-state index contributed by atoms with van der Waals surface area (Å²) in [5.41, 5.74) is -0.706. The monoisotopic (exact) mass is 451 g/mol. The lowest BCUT2D eigenvalue weighted by Gasteiger charge is -2.24. The van der Waals surface area contributed by atoms with Crippen molar-refractivity contribution in [3.05, 3.63) is 16.7 Å². The third-order valence-electron chi connectivity index (χ3n) is 4.30. The van der Waals surface area contributed by atoms with Crippen LogP contribution in [0.15, 0.2) is 11.1 Å². The average molecular weight is 451 g/mol. The number of fused-ring (bicyclic) bond motifs is 2. The van der Waals surface area contributed by atoms with Crippen molar-refractivity contribution in [1.29, 1.82) is 0 Å². The van der Waals surface area contributed by atoms with Crippen LogP contribution in [0.4, 0.5) is 5.95 Å². The van der Waals surface area contributed by atoms with Gasteiger partial charge in [0.15, 0.2) is 11.2 Å². The second-order valence-electron chi connectivity index (χ2n) is 6.74. The Morgan fingerprint density at radius 2 is 1.62 bits per heavy atom. The molecule has 0 fully saturated rings. The summed E-state index contributed by atoms with van der Waals surface area (Å²) in [5.74, 6) is -2.75. The smallest absolute Gasteiger partial charge is 0.304 e. The van der Waals surface area contributed by atoms with E-state index in [0.717, 1.165) is 23.3 Å². The van der Waals surface area contributed by atoms with Crippen molar-refractivity contribution in [2.75, 3.05) is 18.1 Å². The number of esters is 3. The highest BCUT2D eigenvalue weighted by Gasteiger charge is 2.47. The molecule has 14 nitrogen and oxygen atoms in total. The van der Waals surface area contributed by atoms with Gasteiger partial charge in [-0.15, -0.1) is 0 Å². The third kappa shape index (κ3) is 4.44. The minimum atomic E-state index is -1.44. The molecule has 3 rings (SSSR count). The number of hydrogen-bond donors (Lipinski definition) is 0. The highest BCUT2D eigenvalue weighted by Crippen LogP contribution is 2.34. The summed E-state index contributed by atoms with van der Waals surface area (Å²) in [6.45, 7) is 4.73. The van der Waals surface area contributed by atoms with Crippen LogP contribution in [-0.2, 0) is 44.9 Å². The van der Waals surface area contributed by atoms with Crippen molar-refractivity contribution in [3.63, 3.8) is 0 Å². The first-order chi connectivity index (χ1) is 15.1. The number of rotatable bonds is 7. The molecule has 2 atom stereocenters. The topological polar surface area (TPSA) is 161 Å². The summed E-state index contributed by atoms with van der Waals surface area (Å²) in [5, 5.41) is 0. The van der Waals surface area contributed by atoms with Crippen molar-refractivity contribution < 1.29 is 38.1 Å². The van der Waals surface area contributed by atoms with Gasteiger partial charge in [-0.1, -0.05) is 0 Å². The SMILES string of the molecule is CC(=O)OCCOCn1cnc2c(=O)n3c(nc21)N(C(C)=O)C(OC(C)=O)C3OC(C)=O. The average Bonchev–Trinajstić information content (AvgIpc) is 3.20. The van der Waals surface area contributed by atoms with Gasteiger partial charge in [0, 0.05) is 27.7 Å². The largest absolute Gasteiger partial charge is 0.463 e. The van der Waals surface area contributed by atoms with Crippen LogP contribution < -0.4 is 10.5 Å². The van der Waals surface area contributed by atoms with Crippen LogP contribution in [0.25, 0.3) is 11.2 Å². The number of aromatic nitrogens is 4. The Morgan fingerprint density at radius 3 is 2.22 bits per heavy atom. The fourth-order valence-electron chi connectivity index (χ4n) is 3.15. The second-order valence-corrected chi connectivity index (χ2v) is 6.74. The van der Waals surface area contributed by atoms with E-state index in [4.69, 9.17) is 18.9 Å². The molecule has 0 aromatic carbocycles. The van der Waals surface area contributed by atoms with Gasteiger partial charge >= 0.3 is 17.9 Å². The molecule has 1 amide bonds. The van der Waals surface area contributed by atoms with Crippen LogP contribution in [0.3, 0.4) is 0 Å². The maximum absolute atomic E-state index is 13.2. The van der Waals surface area contributed by atoms with E-state index in [2.05, 4.69) is 9.97 Å². The van der Waals surface area contributed by atoms with Crippen molar-refractivity contribution in [2.45, 2.75) is 46.9 Å². The summed E-state index contributed by atoms with van der Waals surface area (Å²) < 4.78 is 22.9. The molecule has 0 spiro atoms. The number of imidazole rings is 1. The molecule has 2 aromatic rings. The van der Waals surface area contributed by atoms with Crippen molar-refractivity contribution in [2.24, 2.45) is 0 Å². The summed E-state index contributed by atoms with van der Waals surface area (Å²) >= 11 is 0. The number of ether oxygens (including phenoxy) is 4. The van der Waals surface area contributed by atoms with Gasteiger partial charge in [-0.05, 0) is 0 Å². The van der Waals surface area contributed by atoms with Gasteiger partial charge in [0.1, 0.15) is 13.3 Å². The summed E-state index contributed by atoms with van der Waals surface area (Å²) in [7, 11) is 0. The molecule has 3 heterocycles. The lowest BCUT2D eigenvalue weighted by atomic mass is 10.4. The van der Waals surface area contributed by atoms with E-state index in [-0.39, 0.29) is 37.1 Å². The predicted molar refractivity (Wildman–Crippen MR) is 104 cm³/mol. The van der Waals surface area contributed by atoms with E-state index >= 15 is 0 Å². The van der Waals surface area contributed by atoms with Crippen LogP contribution in [0.2, 0.25) is 0 Å². The first kappa shape index (κ1) is 22.9. The van der Waals surface area contributed by atoms with Crippen LogP contribution in [0.5, 0.6) is 0 Å². The zero-order chi connectivity index (χ0) is 23.6. The predicted octanol–water partition coefficient (Wildman–Crippen LogP) is -0.552. The fourth-order valence-corrected chi connectivity index (χ4v) is 3.15. The van der Waals surface area contributed by atoms with Crippen LogP contribution in [0.1, 0.15) is 33.9 Å². The normalized spacial score (nSPS) is 17.2. The number of carbonyl (C=O) groups is 4.